The van der Waals surface area contributed by atoms with Crippen molar-refractivity contribution in [3.8, 4) is 5.75 Å². The third kappa shape index (κ3) is 3.17. The van der Waals surface area contributed by atoms with Crippen molar-refractivity contribution < 1.29 is 19.1 Å². The van der Waals surface area contributed by atoms with Crippen LogP contribution in [0.3, 0.4) is 0 Å². The number of rotatable bonds is 4. The monoisotopic (exact) mass is 382 g/mol. The molecule has 0 radical (unpaired) electrons. The van der Waals surface area contributed by atoms with E-state index in [0.717, 1.165) is 24.8 Å². The summed E-state index contributed by atoms with van der Waals surface area (Å²) < 4.78 is 12.3. The molecule has 0 unspecified atom stereocenters. The van der Waals surface area contributed by atoms with Crippen LogP contribution in [0.5, 0.6) is 5.75 Å². The maximum absolute atomic E-state index is 13.2. The SMILES string of the molecule is COC(=O)c1cn2c(c(OCc3ccccc3)c1=O)C(=O)N1CCCC[C@H]1C2. The number of fused-ring (bicyclic) bond motifs is 2. The number of carbonyl (C=O) groups excluding carboxylic acids is 2. The van der Waals surface area contributed by atoms with Gasteiger partial charge in [-0.05, 0) is 24.8 Å². The van der Waals surface area contributed by atoms with Gasteiger partial charge in [-0.25, -0.2) is 4.79 Å². The number of hydrogen-bond donors (Lipinski definition) is 0. The van der Waals surface area contributed by atoms with E-state index in [1.807, 2.05) is 35.2 Å². The highest BCUT2D eigenvalue weighted by molar-refractivity contribution is 5.98. The van der Waals surface area contributed by atoms with Crippen LogP contribution in [-0.2, 0) is 17.9 Å². The topological polar surface area (TPSA) is 77.8 Å². The van der Waals surface area contributed by atoms with Gasteiger partial charge in [0.05, 0.1) is 7.11 Å². The van der Waals surface area contributed by atoms with Crippen molar-refractivity contribution in [1.29, 1.82) is 0 Å². The molecule has 1 fully saturated rings. The summed E-state index contributed by atoms with van der Waals surface area (Å²) in [6.45, 7) is 1.34. The van der Waals surface area contributed by atoms with Crippen molar-refractivity contribution in [2.45, 2.75) is 38.5 Å². The maximum atomic E-state index is 13.2. The fourth-order valence-electron chi connectivity index (χ4n) is 3.94. The third-order valence-corrected chi connectivity index (χ3v) is 5.37. The number of methoxy groups -OCH3 is 1. The lowest BCUT2D eigenvalue weighted by Crippen LogP contribution is -2.51. The summed E-state index contributed by atoms with van der Waals surface area (Å²) in [5.41, 5.74) is 0.346. The van der Waals surface area contributed by atoms with E-state index in [4.69, 9.17) is 9.47 Å². The van der Waals surface area contributed by atoms with Gasteiger partial charge < -0.3 is 18.9 Å². The van der Waals surface area contributed by atoms with E-state index in [1.54, 1.807) is 4.57 Å². The average Bonchev–Trinajstić information content (AvgIpc) is 2.73. The van der Waals surface area contributed by atoms with Crippen LogP contribution in [0.2, 0.25) is 0 Å². The quantitative estimate of drug-likeness (QED) is 0.758. The summed E-state index contributed by atoms with van der Waals surface area (Å²) in [7, 11) is 1.23. The molecule has 3 heterocycles. The first-order valence-corrected chi connectivity index (χ1v) is 9.43. The van der Waals surface area contributed by atoms with Crippen LogP contribution in [0.15, 0.2) is 41.3 Å². The number of esters is 1. The molecule has 146 valence electrons. The molecule has 1 atom stereocenters. The number of ether oxygens (including phenoxy) is 2. The lowest BCUT2D eigenvalue weighted by Gasteiger charge is -2.41. The molecule has 0 saturated carbocycles. The molecule has 1 amide bonds. The summed E-state index contributed by atoms with van der Waals surface area (Å²) in [5.74, 6) is -1.03. The first kappa shape index (κ1) is 18.3. The molecule has 0 N–H and O–H groups in total. The first-order chi connectivity index (χ1) is 13.6. The van der Waals surface area contributed by atoms with E-state index in [2.05, 4.69) is 0 Å². The molecule has 1 aromatic heterocycles. The van der Waals surface area contributed by atoms with Crippen molar-refractivity contribution in [3.63, 3.8) is 0 Å². The molecule has 0 aliphatic carbocycles. The van der Waals surface area contributed by atoms with Crippen LogP contribution in [-0.4, -0.2) is 41.0 Å². The predicted molar refractivity (Wildman–Crippen MR) is 101 cm³/mol. The van der Waals surface area contributed by atoms with Gasteiger partial charge in [0, 0.05) is 25.3 Å². The molecule has 1 aromatic carbocycles. The van der Waals surface area contributed by atoms with Crippen molar-refractivity contribution in [1.82, 2.24) is 9.47 Å². The van der Waals surface area contributed by atoms with Gasteiger partial charge in [0.2, 0.25) is 5.43 Å². The summed E-state index contributed by atoms with van der Waals surface area (Å²) in [6.07, 6.45) is 4.35. The number of hydrogen-bond acceptors (Lipinski definition) is 5. The summed E-state index contributed by atoms with van der Waals surface area (Å²) in [5, 5.41) is 0. The maximum Gasteiger partial charge on any atom is 0.343 e. The number of aromatic nitrogens is 1. The molecule has 28 heavy (non-hydrogen) atoms. The Hall–Kier alpha value is -3.09. The Morgan fingerprint density at radius 2 is 1.96 bits per heavy atom. The van der Waals surface area contributed by atoms with Crippen molar-refractivity contribution in [2.24, 2.45) is 0 Å². The Morgan fingerprint density at radius 1 is 1.18 bits per heavy atom. The fraction of sp³-hybridized carbons (Fsp3) is 0.381. The highest BCUT2D eigenvalue weighted by atomic mass is 16.5. The summed E-state index contributed by atoms with van der Waals surface area (Å²) in [6, 6.07) is 9.44. The molecule has 7 heteroatoms. The first-order valence-electron chi connectivity index (χ1n) is 9.43. The standard InChI is InChI=1S/C21H22N2O5/c1-27-21(26)16-12-22-11-15-9-5-6-10-23(15)20(25)17(22)19(18(16)24)28-13-14-7-3-2-4-8-14/h2-4,7-8,12,15H,5-6,9-11,13H2,1H3/t15-/m0/s1. The molecule has 0 spiro atoms. The van der Waals surface area contributed by atoms with Crippen LogP contribution in [0.1, 0.15) is 45.7 Å². The van der Waals surface area contributed by atoms with Gasteiger partial charge in [0.25, 0.3) is 5.91 Å². The molecule has 1 saturated heterocycles. The van der Waals surface area contributed by atoms with Crippen LogP contribution in [0.25, 0.3) is 0 Å². The lowest BCUT2D eigenvalue weighted by molar-refractivity contribution is 0.0494. The Labute approximate surface area is 162 Å². The second kappa shape index (κ2) is 7.50. The second-order valence-corrected chi connectivity index (χ2v) is 7.12. The van der Waals surface area contributed by atoms with Crippen LogP contribution in [0, 0.1) is 0 Å². The zero-order valence-corrected chi connectivity index (χ0v) is 15.7. The van der Waals surface area contributed by atoms with Gasteiger partial charge in [-0.1, -0.05) is 30.3 Å². The van der Waals surface area contributed by atoms with E-state index >= 15 is 0 Å². The van der Waals surface area contributed by atoms with Gasteiger partial charge in [-0.3, -0.25) is 9.59 Å². The van der Waals surface area contributed by atoms with E-state index in [1.165, 1.54) is 13.3 Å². The molecular formula is C21H22N2O5. The molecule has 0 bridgehead atoms. The Bertz CT molecular complexity index is 967. The molecular weight excluding hydrogens is 360 g/mol. The van der Waals surface area contributed by atoms with Gasteiger partial charge in [0.1, 0.15) is 12.2 Å². The third-order valence-electron chi connectivity index (χ3n) is 5.37. The Morgan fingerprint density at radius 3 is 2.71 bits per heavy atom. The van der Waals surface area contributed by atoms with Gasteiger partial charge in [0.15, 0.2) is 11.4 Å². The van der Waals surface area contributed by atoms with Crippen LogP contribution in [0.4, 0.5) is 0 Å². The van der Waals surface area contributed by atoms with Crippen molar-refractivity contribution in [3.05, 3.63) is 63.6 Å². The number of nitrogens with zero attached hydrogens (tertiary/aromatic N) is 2. The molecule has 4 rings (SSSR count). The molecule has 2 aliphatic rings. The van der Waals surface area contributed by atoms with Gasteiger partial charge in [-0.15, -0.1) is 0 Å². The van der Waals surface area contributed by atoms with Crippen molar-refractivity contribution in [2.75, 3.05) is 13.7 Å². The average molecular weight is 382 g/mol. The highest BCUT2D eigenvalue weighted by Crippen LogP contribution is 2.29. The van der Waals surface area contributed by atoms with E-state index in [9.17, 15) is 14.4 Å². The van der Waals surface area contributed by atoms with Gasteiger partial charge in [-0.2, -0.15) is 0 Å². The normalized spacial score (nSPS) is 18.2. The highest BCUT2D eigenvalue weighted by Gasteiger charge is 2.38. The minimum absolute atomic E-state index is 0.0729. The zero-order chi connectivity index (χ0) is 19.7. The minimum Gasteiger partial charge on any atom is -0.483 e. The smallest absolute Gasteiger partial charge is 0.343 e. The number of carbonyl (C=O) groups is 2. The molecule has 2 aromatic rings. The molecule has 7 nitrogen and oxygen atoms in total. The Kier molecular flexibility index (Phi) is 4.90. The predicted octanol–water partition coefficient (Wildman–Crippen LogP) is 2.22. The Balaban J connectivity index is 1.79. The zero-order valence-electron chi connectivity index (χ0n) is 15.7. The second-order valence-electron chi connectivity index (χ2n) is 7.12. The molecule has 2 aliphatic heterocycles. The van der Waals surface area contributed by atoms with E-state index < -0.39 is 11.4 Å². The van der Waals surface area contributed by atoms with Gasteiger partial charge >= 0.3 is 5.97 Å². The van der Waals surface area contributed by atoms with Crippen molar-refractivity contribution >= 4 is 11.9 Å². The fourth-order valence-corrected chi connectivity index (χ4v) is 3.94. The number of piperidine rings is 1. The largest absolute Gasteiger partial charge is 0.483 e. The number of amides is 1. The van der Waals surface area contributed by atoms with E-state index in [-0.39, 0.29) is 35.6 Å². The van der Waals surface area contributed by atoms with Crippen LogP contribution >= 0.6 is 0 Å². The van der Waals surface area contributed by atoms with E-state index in [0.29, 0.717) is 13.1 Å². The summed E-state index contributed by atoms with van der Waals surface area (Å²) >= 11 is 0. The number of benzene rings is 1. The minimum atomic E-state index is -0.733. The van der Waals surface area contributed by atoms with Crippen LogP contribution < -0.4 is 10.2 Å². The number of pyridine rings is 1. The lowest BCUT2D eigenvalue weighted by atomic mass is 9.98. The summed E-state index contributed by atoms with van der Waals surface area (Å²) in [4.78, 5) is 40.1.